The summed E-state index contributed by atoms with van der Waals surface area (Å²) in [6.45, 7) is 8.47. The summed E-state index contributed by atoms with van der Waals surface area (Å²) in [4.78, 5) is 23.3. The molecule has 1 amide bonds. The fraction of sp³-hybridized carbons (Fsp3) is 0.677. The van der Waals surface area contributed by atoms with Crippen LogP contribution in [0.1, 0.15) is 83.3 Å². The highest BCUT2D eigenvalue weighted by atomic mass is 28.4. The Bertz CT molecular complexity index is 852. The first-order chi connectivity index (χ1) is 19.4. The molecule has 0 atom stereocenters. The van der Waals surface area contributed by atoms with E-state index in [0.29, 0.717) is 39.0 Å². The topological polar surface area (TPSA) is 92.3 Å². The molecule has 2 rings (SSSR count). The number of rotatable bonds is 19. The number of carbonyl (C=O) groups is 2. The third-order valence-electron chi connectivity index (χ3n) is 7.41. The molecule has 1 aliphatic rings. The molecule has 40 heavy (non-hydrogen) atoms. The molecule has 9 heteroatoms. The van der Waals surface area contributed by atoms with Gasteiger partial charge in [-0.2, -0.15) is 0 Å². The smallest absolute Gasteiger partial charge is 0.466 e. The number of nitrogens with one attached hydrogen (secondary N) is 1. The van der Waals surface area contributed by atoms with Crippen molar-refractivity contribution in [1.29, 1.82) is 0 Å². The third-order valence-corrected chi connectivity index (χ3v) is 10.6. The number of amides is 1. The lowest BCUT2D eigenvalue weighted by Gasteiger charge is -2.28. The van der Waals surface area contributed by atoms with Gasteiger partial charge in [-0.3, -0.25) is 0 Å². The first kappa shape index (κ1) is 34.0. The zero-order valence-electron chi connectivity index (χ0n) is 25.1. The molecular formula is C31H51NO7Si. The molecule has 8 nitrogen and oxygen atoms in total. The van der Waals surface area contributed by atoms with E-state index in [1.807, 2.05) is 32.9 Å². The molecule has 1 aromatic carbocycles. The van der Waals surface area contributed by atoms with E-state index in [4.69, 9.17) is 18.0 Å². The fourth-order valence-electron chi connectivity index (χ4n) is 5.29. The molecule has 0 unspecified atom stereocenters. The van der Waals surface area contributed by atoms with Crippen molar-refractivity contribution in [3.8, 4) is 0 Å². The second-order valence-corrected chi connectivity index (χ2v) is 13.0. The Labute approximate surface area is 242 Å². The van der Waals surface area contributed by atoms with E-state index >= 15 is 0 Å². The summed E-state index contributed by atoms with van der Waals surface area (Å²) >= 11 is 0. The molecule has 1 fully saturated rings. The molecule has 0 bridgehead atoms. The summed E-state index contributed by atoms with van der Waals surface area (Å²) in [5.41, 5.74) is 2.34. The summed E-state index contributed by atoms with van der Waals surface area (Å²) < 4.78 is 27.6. The Balaban J connectivity index is 1.54. The number of aryl methyl sites for hydroxylation is 1. The molecule has 1 saturated carbocycles. The molecule has 0 saturated heterocycles. The average molecular weight is 578 g/mol. The number of esters is 1. The summed E-state index contributed by atoms with van der Waals surface area (Å²) in [7, 11) is -1.28. The number of hydrogen-bond donors (Lipinski definition) is 1. The molecule has 1 aromatic rings. The van der Waals surface area contributed by atoms with Gasteiger partial charge in [0.2, 0.25) is 0 Å². The summed E-state index contributed by atoms with van der Waals surface area (Å²) in [5, 5.41) is 2.84. The molecular weight excluding hydrogens is 526 g/mol. The monoisotopic (exact) mass is 577 g/mol. The zero-order chi connectivity index (χ0) is 29.1. The van der Waals surface area contributed by atoms with Gasteiger partial charge in [0.1, 0.15) is 0 Å². The number of alkyl carbamates (subject to hydrolysis) is 1. The van der Waals surface area contributed by atoms with Crippen LogP contribution in [0.5, 0.6) is 0 Å². The standard InChI is InChI=1S/C31H51NO7Si/c1-5-37-40(38-6-2,39-7-3)25-9-23-32-31(34)36-24-8-10-26-11-13-27(14-12-26)15-16-28-17-19-29(20-18-28)21-22-30(33)35-4/h17-22,26-27H,5-16,23-25H2,1-4H3,(H,32,34). The molecule has 226 valence electrons. The highest BCUT2D eigenvalue weighted by molar-refractivity contribution is 6.60. The van der Waals surface area contributed by atoms with E-state index in [2.05, 4.69) is 22.2 Å². The Hall–Kier alpha value is -2.20. The van der Waals surface area contributed by atoms with Crippen molar-refractivity contribution >= 4 is 26.9 Å². The lowest BCUT2D eigenvalue weighted by Crippen LogP contribution is -2.46. The van der Waals surface area contributed by atoms with Crippen molar-refractivity contribution in [2.45, 2.75) is 84.6 Å². The normalized spacial score (nSPS) is 17.6. The minimum atomic E-state index is -2.66. The molecule has 0 aliphatic heterocycles. The molecule has 1 N–H and O–H groups in total. The van der Waals surface area contributed by atoms with Gasteiger partial charge in [-0.15, -0.1) is 0 Å². The number of carbonyl (C=O) groups excluding carboxylic acids is 2. The van der Waals surface area contributed by atoms with Crippen LogP contribution < -0.4 is 5.32 Å². The molecule has 0 spiro atoms. The molecule has 0 aromatic heterocycles. The maximum Gasteiger partial charge on any atom is 0.500 e. The van der Waals surface area contributed by atoms with Gasteiger partial charge in [-0.1, -0.05) is 49.9 Å². The third kappa shape index (κ3) is 13.4. The lowest BCUT2D eigenvalue weighted by atomic mass is 9.78. The number of hydrogen-bond acceptors (Lipinski definition) is 7. The molecule has 1 aliphatic carbocycles. The molecule has 0 radical (unpaired) electrons. The van der Waals surface area contributed by atoms with E-state index < -0.39 is 8.80 Å². The van der Waals surface area contributed by atoms with Gasteiger partial charge in [0.05, 0.1) is 13.7 Å². The van der Waals surface area contributed by atoms with E-state index in [9.17, 15) is 9.59 Å². The average Bonchev–Trinajstić information content (AvgIpc) is 2.97. The van der Waals surface area contributed by atoms with Crippen molar-refractivity contribution in [2.24, 2.45) is 11.8 Å². The number of ether oxygens (including phenoxy) is 2. The highest BCUT2D eigenvalue weighted by Gasteiger charge is 2.39. The highest BCUT2D eigenvalue weighted by Crippen LogP contribution is 2.34. The van der Waals surface area contributed by atoms with E-state index in [1.54, 1.807) is 6.08 Å². The Morgan fingerprint density at radius 1 is 0.900 bits per heavy atom. The predicted molar refractivity (Wildman–Crippen MR) is 160 cm³/mol. The van der Waals surface area contributed by atoms with Crippen molar-refractivity contribution in [3.63, 3.8) is 0 Å². The minimum absolute atomic E-state index is 0.341. The Morgan fingerprint density at radius 3 is 2.08 bits per heavy atom. The zero-order valence-corrected chi connectivity index (χ0v) is 26.1. The first-order valence-electron chi connectivity index (χ1n) is 15.1. The van der Waals surface area contributed by atoms with Crippen LogP contribution in [0, 0.1) is 11.8 Å². The van der Waals surface area contributed by atoms with Gasteiger partial charge in [0.25, 0.3) is 0 Å². The van der Waals surface area contributed by atoms with Crippen LogP contribution in [-0.2, 0) is 34.0 Å². The van der Waals surface area contributed by atoms with Crippen molar-refractivity contribution in [3.05, 3.63) is 41.5 Å². The first-order valence-corrected chi connectivity index (χ1v) is 17.0. The van der Waals surface area contributed by atoms with Crippen molar-refractivity contribution < 1.29 is 32.3 Å². The quantitative estimate of drug-likeness (QED) is 0.0862. The predicted octanol–water partition coefficient (Wildman–Crippen LogP) is 6.56. The van der Waals surface area contributed by atoms with E-state index in [0.717, 1.165) is 43.1 Å². The van der Waals surface area contributed by atoms with Gasteiger partial charge >= 0.3 is 20.9 Å². The van der Waals surface area contributed by atoms with Crippen LogP contribution in [0.15, 0.2) is 30.3 Å². The largest absolute Gasteiger partial charge is 0.500 e. The minimum Gasteiger partial charge on any atom is -0.466 e. The van der Waals surface area contributed by atoms with Crippen molar-refractivity contribution in [1.82, 2.24) is 5.32 Å². The van der Waals surface area contributed by atoms with Crippen LogP contribution in [-0.4, -0.2) is 60.9 Å². The second-order valence-electron chi connectivity index (χ2n) is 10.3. The van der Waals surface area contributed by atoms with Crippen LogP contribution in [0.3, 0.4) is 0 Å². The SMILES string of the molecule is CCO[Si](CCCNC(=O)OCCCC1CCC(CCc2ccc(C=CC(=O)OC)cc2)CC1)(OCC)OCC. The Morgan fingerprint density at radius 2 is 1.50 bits per heavy atom. The van der Waals surface area contributed by atoms with E-state index in [-0.39, 0.29) is 12.1 Å². The summed E-state index contributed by atoms with van der Waals surface area (Å²) in [6.07, 6.45) is 13.0. The van der Waals surface area contributed by atoms with Crippen LogP contribution in [0.2, 0.25) is 6.04 Å². The van der Waals surface area contributed by atoms with Gasteiger partial charge in [0, 0.05) is 38.5 Å². The van der Waals surface area contributed by atoms with Crippen LogP contribution >= 0.6 is 0 Å². The van der Waals surface area contributed by atoms with Crippen LogP contribution in [0.4, 0.5) is 4.79 Å². The van der Waals surface area contributed by atoms with Crippen LogP contribution in [0.25, 0.3) is 6.08 Å². The van der Waals surface area contributed by atoms with Gasteiger partial charge < -0.3 is 28.1 Å². The maximum atomic E-state index is 12.1. The fourth-order valence-corrected chi connectivity index (χ4v) is 7.90. The van der Waals surface area contributed by atoms with Gasteiger partial charge in [-0.05, 0) is 81.9 Å². The number of methoxy groups -OCH3 is 1. The maximum absolute atomic E-state index is 12.1. The second kappa shape index (κ2) is 19.8. The number of benzene rings is 1. The van der Waals surface area contributed by atoms with Crippen molar-refractivity contribution in [2.75, 3.05) is 40.1 Å². The Kier molecular flexibility index (Phi) is 16.8. The summed E-state index contributed by atoms with van der Waals surface area (Å²) in [5.74, 6) is 1.18. The van der Waals surface area contributed by atoms with E-state index in [1.165, 1.54) is 50.9 Å². The van der Waals surface area contributed by atoms with Gasteiger partial charge in [-0.25, -0.2) is 9.59 Å². The summed E-state index contributed by atoms with van der Waals surface area (Å²) in [6, 6.07) is 9.07. The molecule has 0 heterocycles. The lowest BCUT2D eigenvalue weighted by molar-refractivity contribution is -0.134. The van der Waals surface area contributed by atoms with Gasteiger partial charge in [0.15, 0.2) is 0 Å².